The van der Waals surface area contributed by atoms with Crippen LogP contribution in [0.25, 0.3) is 20.9 Å². The molecule has 0 unspecified atom stereocenters. The van der Waals surface area contributed by atoms with E-state index < -0.39 is 113 Å². The largest absolute Gasteiger partial charge is 0.487 e. The van der Waals surface area contributed by atoms with Crippen LogP contribution >= 0.6 is 0 Å². The highest BCUT2D eigenvalue weighted by atomic mass is 19.2. The predicted octanol–water partition coefficient (Wildman–Crippen LogP) is 6.41. The summed E-state index contributed by atoms with van der Waals surface area (Å²) in [5.74, 6) is -28.9. The Morgan fingerprint density at radius 3 is 1.15 bits per heavy atom. The maximum absolute atomic E-state index is 14.0. The zero-order valence-electron chi connectivity index (χ0n) is 20.3. The molecule has 2 aromatic rings. The van der Waals surface area contributed by atoms with Gasteiger partial charge in [0.25, 0.3) is 0 Å². The number of benzene rings is 2. The molecule has 0 spiro atoms. The van der Waals surface area contributed by atoms with Crippen molar-refractivity contribution in [2.45, 2.75) is 43.9 Å². The van der Waals surface area contributed by atoms with Crippen LogP contribution in [0.1, 0.15) is 13.8 Å². The van der Waals surface area contributed by atoms with E-state index in [1.165, 1.54) is 13.8 Å². The molecule has 1 aliphatic rings. The summed E-state index contributed by atoms with van der Waals surface area (Å²) in [4.78, 5) is 4.96. The minimum absolute atomic E-state index is 1.13. The van der Waals surface area contributed by atoms with E-state index in [9.17, 15) is 43.9 Å². The van der Waals surface area contributed by atoms with E-state index in [4.69, 9.17) is 30.0 Å². The molecule has 0 radical (unpaired) electrons. The van der Waals surface area contributed by atoms with Gasteiger partial charge in [-0.15, -0.1) is 0 Å². The summed E-state index contributed by atoms with van der Waals surface area (Å²) in [6, 6.07) is -3.49. The first-order valence-corrected chi connectivity index (χ1v) is 10.9. The molecule has 0 N–H and O–H groups in total. The lowest BCUT2D eigenvalue weighted by molar-refractivity contribution is -0.150. The Labute approximate surface area is 221 Å². The van der Waals surface area contributed by atoms with Crippen LogP contribution in [-0.2, 0) is 9.47 Å². The van der Waals surface area contributed by atoms with Gasteiger partial charge in [-0.1, -0.05) is 10.2 Å². The molecule has 10 nitrogen and oxygen atoms in total. The summed E-state index contributed by atoms with van der Waals surface area (Å²) in [5.41, 5.74) is 17.9. The molecule has 1 saturated heterocycles. The Balaban J connectivity index is 1.94. The van der Waals surface area contributed by atoms with Gasteiger partial charge in [0.05, 0.1) is 25.4 Å². The number of nitrogens with zero attached hydrogens (tertiary/aromatic N) is 6. The molecule has 3 rings (SSSR count). The summed E-state index contributed by atoms with van der Waals surface area (Å²) < 4.78 is 157. The lowest BCUT2D eigenvalue weighted by Gasteiger charge is -2.27. The van der Waals surface area contributed by atoms with Crippen LogP contribution in [0.2, 0.25) is 0 Å². The zero-order valence-corrected chi connectivity index (χ0v) is 20.3. The van der Waals surface area contributed by atoms with E-state index in [-0.39, 0.29) is 0 Å². The quantitative estimate of drug-likeness (QED) is 0.0773. The monoisotopic (exact) mass is 604 g/mol. The van der Waals surface area contributed by atoms with Crippen molar-refractivity contribution in [1.82, 2.24) is 0 Å². The van der Waals surface area contributed by atoms with E-state index in [1.54, 1.807) is 0 Å². The van der Waals surface area contributed by atoms with Gasteiger partial charge < -0.3 is 18.9 Å². The smallest absolute Gasteiger partial charge is 0.206 e. The molecule has 0 amide bonds. The molecule has 222 valence electrons. The molecule has 20 heteroatoms. The van der Waals surface area contributed by atoms with Gasteiger partial charge >= 0.3 is 0 Å². The minimum Gasteiger partial charge on any atom is -0.487 e. The second-order valence-corrected chi connectivity index (χ2v) is 8.53. The number of azide groups is 2. The molecule has 0 bridgehead atoms. The van der Waals surface area contributed by atoms with Gasteiger partial charge in [-0.3, -0.25) is 0 Å². The predicted molar refractivity (Wildman–Crippen MR) is 113 cm³/mol. The van der Waals surface area contributed by atoms with Gasteiger partial charge in [0.2, 0.25) is 58.2 Å². The fourth-order valence-electron chi connectivity index (χ4n) is 3.69. The molecule has 2 aromatic carbocycles. The highest BCUT2D eigenvalue weighted by Gasteiger charge is 2.49. The van der Waals surface area contributed by atoms with E-state index in [1.807, 2.05) is 0 Å². The molecule has 1 aliphatic heterocycles. The molecule has 1 heterocycles. The lowest BCUT2D eigenvalue weighted by atomic mass is 10.0. The van der Waals surface area contributed by atoms with Crippen molar-refractivity contribution in [3.05, 3.63) is 79.1 Å². The van der Waals surface area contributed by atoms with Gasteiger partial charge in [0.1, 0.15) is 12.1 Å². The van der Waals surface area contributed by atoms with Gasteiger partial charge in [0.15, 0.2) is 17.3 Å². The summed E-state index contributed by atoms with van der Waals surface area (Å²) >= 11 is 0. The Morgan fingerprint density at radius 1 is 0.610 bits per heavy atom. The molecule has 0 aliphatic carbocycles. The first-order chi connectivity index (χ1) is 19.2. The average Bonchev–Trinajstić information content (AvgIpc) is 3.26. The van der Waals surface area contributed by atoms with E-state index in [0.717, 1.165) is 0 Å². The molecule has 4 atom stereocenters. The maximum Gasteiger partial charge on any atom is 0.206 e. The number of rotatable bonds is 10. The van der Waals surface area contributed by atoms with Crippen LogP contribution in [0, 0.1) is 58.2 Å². The minimum atomic E-state index is -2.47. The summed E-state index contributed by atoms with van der Waals surface area (Å²) in [6.07, 6.45) is -3.28. The van der Waals surface area contributed by atoms with E-state index >= 15 is 0 Å². The zero-order chi connectivity index (χ0) is 30.8. The lowest BCUT2D eigenvalue weighted by Crippen LogP contribution is -2.45. The average molecular weight is 604 g/mol. The molecular weight excluding hydrogens is 590 g/mol. The van der Waals surface area contributed by atoms with Crippen LogP contribution < -0.4 is 9.47 Å². The Kier molecular flexibility index (Phi) is 9.33. The third kappa shape index (κ3) is 6.14. The maximum atomic E-state index is 14.0. The van der Waals surface area contributed by atoms with Crippen LogP contribution in [0.3, 0.4) is 0 Å². The number of halogens is 10. The van der Waals surface area contributed by atoms with Gasteiger partial charge in [-0.25, -0.2) is 26.3 Å². The summed E-state index contributed by atoms with van der Waals surface area (Å²) in [7, 11) is 0. The van der Waals surface area contributed by atoms with Gasteiger partial charge in [0, 0.05) is 9.82 Å². The first-order valence-electron chi connectivity index (χ1n) is 10.9. The first kappa shape index (κ1) is 31.4. The normalized spacial score (nSPS) is 19.2. The highest BCUT2D eigenvalue weighted by Crippen LogP contribution is 2.36. The Hall–Kier alpha value is -4.12. The SMILES string of the molecule is CC1(C)O[C@H]([C@H](COc2c(F)c(F)c(F)c(F)c2F)N=[N+]=[N-])[C@@H]([C@H](COc2c(F)c(F)c(F)c(F)c2F)N=[N+]=[N-])O1. The Morgan fingerprint density at radius 2 is 0.878 bits per heavy atom. The van der Waals surface area contributed by atoms with Crippen molar-refractivity contribution in [2.75, 3.05) is 13.2 Å². The van der Waals surface area contributed by atoms with Crippen molar-refractivity contribution in [2.24, 2.45) is 10.2 Å². The number of ether oxygens (including phenoxy) is 4. The van der Waals surface area contributed by atoms with Gasteiger partial charge in [-0.2, -0.15) is 17.6 Å². The van der Waals surface area contributed by atoms with Crippen LogP contribution in [0.4, 0.5) is 43.9 Å². The fourth-order valence-corrected chi connectivity index (χ4v) is 3.69. The van der Waals surface area contributed by atoms with Crippen molar-refractivity contribution in [3.8, 4) is 11.5 Å². The van der Waals surface area contributed by atoms with Crippen LogP contribution in [-0.4, -0.2) is 43.3 Å². The van der Waals surface area contributed by atoms with Crippen molar-refractivity contribution in [1.29, 1.82) is 0 Å². The standard InChI is InChI=1S/C21H14F10N6O4/c1-21(2)40-17(5(34-36-32)3-38-19-13(28)9(24)7(22)10(25)14(19)29)18(41-21)6(35-37-33)4-39-20-15(30)11(26)8(23)12(27)16(20)31/h5-6,17-18H,3-4H2,1-2H3/t5-,6-,17+,18+/m0/s1. The molecular formula is C21H14F10N6O4. The summed E-state index contributed by atoms with van der Waals surface area (Å²) in [6.45, 7) is 0.251. The van der Waals surface area contributed by atoms with Crippen LogP contribution in [0.15, 0.2) is 10.2 Å². The van der Waals surface area contributed by atoms with Crippen molar-refractivity contribution >= 4 is 0 Å². The van der Waals surface area contributed by atoms with E-state index in [0.29, 0.717) is 0 Å². The third-order valence-corrected chi connectivity index (χ3v) is 5.46. The van der Waals surface area contributed by atoms with Gasteiger partial charge in [-0.05, 0) is 24.9 Å². The summed E-state index contributed by atoms with van der Waals surface area (Å²) in [5, 5.41) is 6.58. The van der Waals surface area contributed by atoms with Crippen LogP contribution in [0.5, 0.6) is 11.5 Å². The number of hydrogen-bond acceptors (Lipinski definition) is 6. The topological polar surface area (TPSA) is 134 Å². The second-order valence-electron chi connectivity index (χ2n) is 8.53. The van der Waals surface area contributed by atoms with Crippen molar-refractivity contribution < 1.29 is 62.9 Å². The van der Waals surface area contributed by atoms with Crippen molar-refractivity contribution in [3.63, 3.8) is 0 Å². The molecule has 0 saturated carbocycles. The Bertz CT molecular complexity index is 1290. The third-order valence-electron chi connectivity index (χ3n) is 5.46. The molecule has 0 aromatic heterocycles. The second kappa shape index (κ2) is 12.2. The highest BCUT2D eigenvalue weighted by molar-refractivity contribution is 5.31. The number of hydrogen-bond donors (Lipinski definition) is 0. The fraction of sp³-hybridized carbons (Fsp3) is 0.429. The molecule has 41 heavy (non-hydrogen) atoms. The molecule has 1 fully saturated rings. The van der Waals surface area contributed by atoms with E-state index in [2.05, 4.69) is 20.1 Å².